The molecule has 21 heavy (non-hydrogen) atoms. The average Bonchev–Trinajstić information content (AvgIpc) is 2.49. The lowest BCUT2D eigenvalue weighted by atomic mass is 10.2. The summed E-state index contributed by atoms with van der Waals surface area (Å²) in [7, 11) is 0. The number of rotatable bonds is 11. The predicted molar refractivity (Wildman–Crippen MR) is 75.6 cm³/mol. The van der Waals surface area contributed by atoms with Gasteiger partial charge in [-0.3, -0.25) is 9.59 Å². The Bertz CT molecular complexity index is 432. The Balaban J connectivity index is 1.97. The van der Waals surface area contributed by atoms with Crippen molar-refractivity contribution in [3.8, 4) is 5.75 Å². The fourth-order valence-corrected chi connectivity index (χ4v) is 1.49. The molecule has 0 N–H and O–H groups in total. The number of benzene rings is 1. The van der Waals surface area contributed by atoms with Crippen LogP contribution in [0.3, 0.4) is 0 Å². The van der Waals surface area contributed by atoms with Crippen LogP contribution in [0.1, 0.15) is 17.3 Å². The number of esters is 1. The van der Waals surface area contributed by atoms with E-state index < -0.39 is 0 Å². The minimum atomic E-state index is -0.317. The van der Waals surface area contributed by atoms with Crippen LogP contribution in [0.5, 0.6) is 5.75 Å². The third-order valence-electron chi connectivity index (χ3n) is 2.44. The van der Waals surface area contributed by atoms with E-state index in [1.807, 2.05) is 0 Å². The number of para-hydroxylation sites is 1. The molecule has 0 atom stereocenters. The van der Waals surface area contributed by atoms with Crippen molar-refractivity contribution in [2.24, 2.45) is 0 Å². The van der Waals surface area contributed by atoms with E-state index in [1.54, 1.807) is 24.3 Å². The molecule has 0 heterocycles. The molecule has 6 nitrogen and oxygen atoms in total. The maximum absolute atomic E-state index is 10.8. The summed E-state index contributed by atoms with van der Waals surface area (Å²) in [5, 5.41) is 0. The van der Waals surface area contributed by atoms with Crippen molar-refractivity contribution >= 4 is 12.3 Å². The molecule has 0 aliphatic heterocycles. The summed E-state index contributed by atoms with van der Waals surface area (Å²) in [6.45, 7) is 3.57. The molecule has 0 bridgehead atoms. The molecule has 1 aromatic rings. The van der Waals surface area contributed by atoms with Gasteiger partial charge in [-0.15, -0.1) is 0 Å². The Labute approximate surface area is 123 Å². The summed E-state index contributed by atoms with van der Waals surface area (Å²) < 4.78 is 20.7. The third-order valence-corrected chi connectivity index (χ3v) is 2.44. The molecule has 0 aliphatic carbocycles. The van der Waals surface area contributed by atoms with Crippen molar-refractivity contribution in [1.82, 2.24) is 0 Å². The second kappa shape index (κ2) is 10.8. The van der Waals surface area contributed by atoms with Crippen LogP contribution in [0.15, 0.2) is 24.3 Å². The third kappa shape index (κ3) is 8.06. The minimum Gasteiger partial charge on any atom is -0.490 e. The van der Waals surface area contributed by atoms with Gasteiger partial charge in [0.25, 0.3) is 0 Å². The number of carbonyl (C=O) groups is 2. The molecular weight excluding hydrogens is 276 g/mol. The molecule has 1 rings (SSSR count). The highest BCUT2D eigenvalue weighted by Gasteiger charge is 2.00. The number of aldehydes is 1. The van der Waals surface area contributed by atoms with E-state index in [9.17, 15) is 9.59 Å². The SMILES string of the molecule is CC(=O)OCCOCCOCCOc1ccccc1C=O. The highest BCUT2D eigenvalue weighted by atomic mass is 16.6. The van der Waals surface area contributed by atoms with Crippen LogP contribution in [-0.4, -0.2) is 51.9 Å². The molecule has 0 saturated heterocycles. The Morgan fingerprint density at radius 2 is 1.62 bits per heavy atom. The number of hydrogen-bond acceptors (Lipinski definition) is 6. The van der Waals surface area contributed by atoms with Crippen molar-refractivity contribution in [2.75, 3.05) is 39.6 Å². The van der Waals surface area contributed by atoms with Crippen LogP contribution in [0.4, 0.5) is 0 Å². The molecule has 0 unspecified atom stereocenters. The molecule has 0 saturated carbocycles. The van der Waals surface area contributed by atoms with Gasteiger partial charge < -0.3 is 18.9 Å². The predicted octanol–water partition coefficient (Wildman–Crippen LogP) is 1.47. The van der Waals surface area contributed by atoms with Gasteiger partial charge >= 0.3 is 5.97 Å². The van der Waals surface area contributed by atoms with Crippen LogP contribution in [-0.2, 0) is 19.0 Å². The Morgan fingerprint density at radius 1 is 1.00 bits per heavy atom. The number of carbonyl (C=O) groups excluding carboxylic acids is 2. The molecule has 0 fully saturated rings. The lowest BCUT2D eigenvalue weighted by Gasteiger charge is -2.09. The summed E-state index contributed by atoms with van der Waals surface area (Å²) >= 11 is 0. The van der Waals surface area contributed by atoms with Gasteiger partial charge in [-0.2, -0.15) is 0 Å². The highest BCUT2D eigenvalue weighted by molar-refractivity contribution is 5.79. The molecule has 116 valence electrons. The molecule has 6 heteroatoms. The van der Waals surface area contributed by atoms with Gasteiger partial charge in [0, 0.05) is 6.92 Å². The number of hydrogen-bond donors (Lipinski definition) is 0. The maximum Gasteiger partial charge on any atom is 0.302 e. The number of ether oxygens (including phenoxy) is 4. The van der Waals surface area contributed by atoms with E-state index >= 15 is 0 Å². The minimum absolute atomic E-state index is 0.251. The van der Waals surface area contributed by atoms with Crippen molar-refractivity contribution < 1.29 is 28.5 Å². The van der Waals surface area contributed by atoms with Crippen LogP contribution in [0.2, 0.25) is 0 Å². The quantitative estimate of drug-likeness (QED) is 0.350. The lowest BCUT2D eigenvalue weighted by Crippen LogP contribution is -2.13. The van der Waals surface area contributed by atoms with Crippen LogP contribution >= 0.6 is 0 Å². The zero-order valence-corrected chi connectivity index (χ0v) is 12.1. The normalized spacial score (nSPS) is 10.1. The van der Waals surface area contributed by atoms with Crippen molar-refractivity contribution in [2.45, 2.75) is 6.92 Å². The fraction of sp³-hybridized carbons (Fsp3) is 0.467. The highest BCUT2D eigenvalue weighted by Crippen LogP contribution is 2.15. The molecule has 0 aliphatic rings. The Kier molecular flexibility index (Phi) is 8.83. The molecule has 0 amide bonds. The first kappa shape index (κ1) is 17.1. The smallest absolute Gasteiger partial charge is 0.302 e. The van der Waals surface area contributed by atoms with Gasteiger partial charge in [-0.25, -0.2) is 0 Å². The van der Waals surface area contributed by atoms with Crippen molar-refractivity contribution in [1.29, 1.82) is 0 Å². The van der Waals surface area contributed by atoms with Crippen LogP contribution in [0.25, 0.3) is 0 Å². The van der Waals surface area contributed by atoms with Gasteiger partial charge in [0.15, 0.2) is 6.29 Å². The maximum atomic E-state index is 10.8. The second-order valence-electron chi connectivity index (χ2n) is 4.07. The lowest BCUT2D eigenvalue weighted by molar-refractivity contribution is -0.142. The van der Waals surface area contributed by atoms with Crippen molar-refractivity contribution in [3.05, 3.63) is 29.8 Å². The first-order valence-corrected chi connectivity index (χ1v) is 6.70. The molecule has 0 radical (unpaired) electrons. The molecule has 0 aromatic heterocycles. The summed E-state index contributed by atoms with van der Waals surface area (Å²) in [5.41, 5.74) is 0.520. The van der Waals surface area contributed by atoms with Gasteiger partial charge in [0.2, 0.25) is 0 Å². The second-order valence-corrected chi connectivity index (χ2v) is 4.07. The van der Waals surface area contributed by atoms with E-state index in [4.69, 9.17) is 18.9 Å². The van der Waals surface area contributed by atoms with Gasteiger partial charge in [-0.1, -0.05) is 12.1 Å². The van der Waals surface area contributed by atoms with Crippen LogP contribution in [0, 0.1) is 0 Å². The Hall–Kier alpha value is -1.92. The zero-order valence-electron chi connectivity index (χ0n) is 12.1. The summed E-state index contributed by atoms with van der Waals surface area (Å²) in [6, 6.07) is 7.02. The standard InChI is InChI=1S/C15H20O6/c1-13(17)20-10-8-18-6-7-19-9-11-21-15-5-3-2-4-14(15)12-16/h2-5,12H,6-11H2,1H3. The zero-order chi connectivity index (χ0) is 15.3. The van der Waals surface area contributed by atoms with Gasteiger partial charge in [0.05, 0.1) is 32.0 Å². The first-order valence-electron chi connectivity index (χ1n) is 6.70. The van der Waals surface area contributed by atoms with Crippen molar-refractivity contribution in [3.63, 3.8) is 0 Å². The van der Waals surface area contributed by atoms with Crippen LogP contribution < -0.4 is 4.74 Å². The van der Waals surface area contributed by atoms with E-state index in [0.29, 0.717) is 44.3 Å². The van der Waals surface area contributed by atoms with E-state index in [-0.39, 0.29) is 12.6 Å². The molecular formula is C15H20O6. The van der Waals surface area contributed by atoms with Gasteiger partial charge in [0.1, 0.15) is 19.0 Å². The largest absolute Gasteiger partial charge is 0.490 e. The average molecular weight is 296 g/mol. The summed E-state index contributed by atoms with van der Waals surface area (Å²) in [5.74, 6) is 0.233. The topological polar surface area (TPSA) is 71.1 Å². The summed E-state index contributed by atoms with van der Waals surface area (Å²) in [4.78, 5) is 21.2. The fourth-order valence-electron chi connectivity index (χ4n) is 1.49. The van der Waals surface area contributed by atoms with Gasteiger partial charge in [-0.05, 0) is 12.1 Å². The first-order chi connectivity index (χ1) is 10.2. The molecule has 0 spiro atoms. The molecule has 1 aromatic carbocycles. The monoisotopic (exact) mass is 296 g/mol. The Morgan fingerprint density at radius 3 is 2.29 bits per heavy atom. The van der Waals surface area contributed by atoms with E-state index in [0.717, 1.165) is 6.29 Å². The van der Waals surface area contributed by atoms with E-state index in [1.165, 1.54) is 6.92 Å². The summed E-state index contributed by atoms with van der Waals surface area (Å²) in [6.07, 6.45) is 0.757. The van der Waals surface area contributed by atoms with E-state index in [2.05, 4.69) is 0 Å².